The number of carbonyl (C=O) groups excluding carboxylic acids is 1. The highest BCUT2D eigenvalue weighted by Gasteiger charge is 2.31. The van der Waals surface area contributed by atoms with Crippen LogP contribution in [0.5, 0.6) is 5.75 Å². The summed E-state index contributed by atoms with van der Waals surface area (Å²) in [6.45, 7) is 3.52. The molecule has 3 rings (SSSR count). The number of amides is 1. The van der Waals surface area contributed by atoms with Crippen molar-refractivity contribution in [2.75, 3.05) is 5.32 Å². The Bertz CT molecular complexity index is 1080. The molecule has 0 saturated carbocycles. The Balaban J connectivity index is 1.69. The molecule has 30 heavy (non-hydrogen) atoms. The molecule has 2 aromatic carbocycles. The summed E-state index contributed by atoms with van der Waals surface area (Å²) in [4.78, 5) is 24.5. The number of aromatic amines is 1. The minimum atomic E-state index is -4.79. The zero-order valence-corrected chi connectivity index (χ0v) is 16.6. The molecule has 0 aliphatic carbocycles. The zero-order valence-electron chi connectivity index (χ0n) is 15.8. The van der Waals surface area contributed by atoms with E-state index in [0.717, 1.165) is 29.5 Å². The number of H-pyrrole nitrogens is 1. The first-order valence-electron chi connectivity index (χ1n) is 8.66. The molecule has 0 fully saturated rings. The Labute approximate surface area is 172 Å². The summed E-state index contributed by atoms with van der Waals surface area (Å²) in [6, 6.07) is 12.1. The fraction of sp³-hybridized carbons (Fsp3) is 0.211. The van der Waals surface area contributed by atoms with Crippen LogP contribution < -0.4 is 20.4 Å². The summed E-state index contributed by atoms with van der Waals surface area (Å²) in [7, 11) is 0. The van der Waals surface area contributed by atoms with Gasteiger partial charge in [-0.2, -0.15) is 0 Å². The van der Waals surface area contributed by atoms with E-state index in [4.69, 9.17) is 4.52 Å². The second-order valence-corrected chi connectivity index (χ2v) is 7.61. The number of hydrogen-bond donors (Lipinski definition) is 2. The molecule has 1 amide bonds. The summed E-state index contributed by atoms with van der Waals surface area (Å²) in [6.07, 6.45) is -4.79. The van der Waals surface area contributed by atoms with Crippen molar-refractivity contribution in [1.29, 1.82) is 0 Å². The maximum absolute atomic E-state index is 12.5. The molecule has 0 aliphatic heterocycles. The van der Waals surface area contributed by atoms with E-state index in [1.165, 1.54) is 16.8 Å². The van der Waals surface area contributed by atoms with Gasteiger partial charge in [-0.05, 0) is 59.8 Å². The molecule has 158 valence electrons. The van der Waals surface area contributed by atoms with E-state index in [9.17, 15) is 22.8 Å². The summed E-state index contributed by atoms with van der Waals surface area (Å²) in [5, 5.41) is 4.56. The molecular weight excluding hydrogens is 423 g/mol. The monoisotopic (exact) mass is 440 g/mol. The fourth-order valence-electron chi connectivity index (χ4n) is 2.43. The van der Waals surface area contributed by atoms with Gasteiger partial charge in [-0.3, -0.25) is 9.32 Å². The van der Waals surface area contributed by atoms with Crippen LogP contribution in [0.1, 0.15) is 12.5 Å². The van der Waals surface area contributed by atoms with Crippen molar-refractivity contribution in [2.45, 2.75) is 30.5 Å². The lowest BCUT2D eigenvalue weighted by molar-refractivity contribution is -0.704. The number of thioether (sulfide) groups is 1. The molecule has 3 aromatic rings. The van der Waals surface area contributed by atoms with Crippen LogP contribution in [0.25, 0.3) is 5.69 Å². The highest BCUT2D eigenvalue weighted by atomic mass is 32.2. The van der Waals surface area contributed by atoms with E-state index in [-0.39, 0.29) is 10.7 Å². The second kappa shape index (κ2) is 8.66. The van der Waals surface area contributed by atoms with Crippen LogP contribution in [0.2, 0.25) is 0 Å². The van der Waals surface area contributed by atoms with Gasteiger partial charge in [0.25, 0.3) is 0 Å². The number of nitrogens with one attached hydrogen (secondary N) is 2. The van der Waals surface area contributed by atoms with Crippen molar-refractivity contribution in [1.82, 2.24) is 5.27 Å². The molecular formula is C19H17F3N3O4S+. The van der Waals surface area contributed by atoms with Gasteiger partial charge >= 0.3 is 17.0 Å². The smallest absolute Gasteiger partial charge is 0.406 e. The molecule has 7 nitrogen and oxygen atoms in total. The van der Waals surface area contributed by atoms with Gasteiger partial charge in [-0.1, -0.05) is 17.7 Å². The Morgan fingerprint density at radius 2 is 1.80 bits per heavy atom. The third kappa shape index (κ3) is 5.44. The summed E-state index contributed by atoms with van der Waals surface area (Å²) >= 11 is 0.981. The van der Waals surface area contributed by atoms with Crippen LogP contribution in [0.3, 0.4) is 0 Å². The quantitative estimate of drug-likeness (QED) is 0.452. The van der Waals surface area contributed by atoms with E-state index in [2.05, 4.69) is 15.3 Å². The lowest BCUT2D eigenvalue weighted by Gasteiger charge is -2.11. The molecule has 0 spiro atoms. The minimum absolute atomic E-state index is 0.176. The fourth-order valence-corrected chi connectivity index (χ4v) is 3.32. The number of ether oxygens (including phenoxy) is 1. The third-order valence-corrected chi connectivity index (χ3v) is 5.05. The Kier molecular flexibility index (Phi) is 6.20. The number of aromatic nitrogens is 2. The van der Waals surface area contributed by atoms with Crippen molar-refractivity contribution in [3.63, 3.8) is 0 Å². The molecule has 0 bridgehead atoms. The van der Waals surface area contributed by atoms with E-state index >= 15 is 0 Å². The first-order valence-corrected chi connectivity index (χ1v) is 9.54. The number of benzene rings is 2. The predicted molar refractivity (Wildman–Crippen MR) is 103 cm³/mol. The van der Waals surface area contributed by atoms with Crippen LogP contribution in [-0.2, 0) is 4.79 Å². The van der Waals surface area contributed by atoms with E-state index in [1.54, 1.807) is 19.1 Å². The van der Waals surface area contributed by atoms with Gasteiger partial charge in [0, 0.05) is 17.8 Å². The van der Waals surface area contributed by atoms with Gasteiger partial charge in [-0.15, -0.1) is 13.2 Å². The molecule has 1 heterocycles. The van der Waals surface area contributed by atoms with Crippen LogP contribution in [0, 0.1) is 6.92 Å². The molecule has 1 atom stereocenters. The molecule has 0 radical (unpaired) electrons. The summed E-state index contributed by atoms with van der Waals surface area (Å²) in [5.74, 6) is -0.840. The molecule has 11 heteroatoms. The summed E-state index contributed by atoms with van der Waals surface area (Å²) in [5.41, 5.74) is 1.35. The second-order valence-electron chi connectivity index (χ2n) is 6.28. The first-order chi connectivity index (χ1) is 14.1. The van der Waals surface area contributed by atoms with Crippen molar-refractivity contribution < 1.29 is 31.9 Å². The number of nitrogens with zero attached hydrogens (tertiary/aromatic N) is 1. The van der Waals surface area contributed by atoms with Crippen LogP contribution >= 0.6 is 11.8 Å². The highest BCUT2D eigenvalue weighted by Crippen LogP contribution is 2.25. The van der Waals surface area contributed by atoms with E-state index in [1.807, 2.05) is 19.1 Å². The van der Waals surface area contributed by atoms with Crippen molar-refractivity contribution in [3.05, 3.63) is 64.5 Å². The SMILES string of the molecule is Cc1ccc(-[n+]2[nH]oc(=O)c2SC(C)C(=O)Nc2ccc(OC(F)(F)F)cc2)cc1. The van der Waals surface area contributed by atoms with Crippen LogP contribution in [-0.4, -0.2) is 22.8 Å². The van der Waals surface area contributed by atoms with Gasteiger partial charge < -0.3 is 10.1 Å². The van der Waals surface area contributed by atoms with Gasteiger partial charge in [0.1, 0.15) is 5.75 Å². The maximum atomic E-state index is 12.5. The Hall–Kier alpha value is -3.21. The predicted octanol–water partition coefficient (Wildman–Crippen LogP) is 3.57. The lowest BCUT2D eigenvalue weighted by Crippen LogP contribution is -2.37. The van der Waals surface area contributed by atoms with Crippen molar-refractivity contribution in [2.24, 2.45) is 0 Å². The Morgan fingerprint density at radius 1 is 1.17 bits per heavy atom. The van der Waals surface area contributed by atoms with Gasteiger partial charge in [0.2, 0.25) is 11.6 Å². The van der Waals surface area contributed by atoms with Crippen molar-refractivity contribution >= 4 is 23.4 Å². The highest BCUT2D eigenvalue weighted by molar-refractivity contribution is 8.00. The topological polar surface area (TPSA) is 88.2 Å². The van der Waals surface area contributed by atoms with Crippen LogP contribution in [0.4, 0.5) is 18.9 Å². The number of anilines is 1. The van der Waals surface area contributed by atoms with Gasteiger partial charge in [0.15, 0.2) is 0 Å². The van der Waals surface area contributed by atoms with E-state index in [0.29, 0.717) is 5.69 Å². The molecule has 2 N–H and O–H groups in total. The number of alkyl halides is 3. The minimum Gasteiger partial charge on any atom is -0.406 e. The normalized spacial score (nSPS) is 12.4. The van der Waals surface area contributed by atoms with Gasteiger partial charge in [-0.25, -0.2) is 4.79 Å². The van der Waals surface area contributed by atoms with Gasteiger partial charge in [0.05, 0.1) is 5.25 Å². The third-order valence-electron chi connectivity index (χ3n) is 3.91. The molecule has 0 aliphatic rings. The molecule has 1 aromatic heterocycles. The zero-order chi connectivity index (χ0) is 21.9. The standard InChI is InChI=1S/C19H16F3N3O4S/c1-11-3-7-14(8-4-11)25-17(18(27)29-24-25)30-12(2)16(26)23-13-5-9-15(10-6-13)28-19(20,21)22/h3-10,12H,1-2H3,(H-,23,24,26,27)/p+1. The number of rotatable bonds is 6. The van der Waals surface area contributed by atoms with E-state index < -0.39 is 28.9 Å². The first kappa shape index (κ1) is 21.5. The number of hydrogen-bond acceptors (Lipinski definition) is 5. The lowest BCUT2D eigenvalue weighted by atomic mass is 10.2. The van der Waals surface area contributed by atoms with Crippen molar-refractivity contribution in [3.8, 4) is 11.4 Å². The maximum Gasteiger partial charge on any atom is 0.573 e. The molecule has 1 unspecified atom stereocenters. The Morgan fingerprint density at radius 3 is 2.40 bits per heavy atom. The number of halogens is 3. The average Bonchev–Trinajstić information content (AvgIpc) is 3.03. The average molecular weight is 440 g/mol. The summed E-state index contributed by atoms with van der Waals surface area (Å²) < 4.78 is 46.7. The molecule has 0 saturated heterocycles. The number of aryl methyl sites for hydroxylation is 1. The number of carbonyl (C=O) groups is 1. The van der Waals surface area contributed by atoms with Crippen LogP contribution in [0.15, 0.2) is 62.9 Å². The largest absolute Gasteiger partial charge is 0.573 e.